The van der Waals surface area contributed by atoms with Crippen molar-refractivity contribution in [2.75, 3.05) is 0 Å². The molecule has 0 amide bonds. The average Bonchev–Trinajstić information content (AvgIpc) is 2.46. The monoisotopic (exact) mass is 324 g/mol. The maximum absolute atomic E-state index is 12.5. The van der Waals surface area contributed by atoms with Crippen molar-refractivity contribution < 1.29 is 27.8 Å². The standard InChI is InChI=1S/C17H15F3O3/c1-16(2,15(21)22)12-9-7-11(8-10-12)13-5-3-4-6-14(13)23-17(18,19)20/h3-10H,1-2H3,(H,21,22). The van der Waals surface area contributed by atoms with Gasteiger partial charge in [-0.3, -0.25) is 4.79 Å². The molecule has 0 aliphatic heterocycles. The minimum Gasteiger partial charge on any atom is -0.481 e. The van der Waals surface area contributed by atoms with Gasteiger partial charge in [0.25, 0.3) is 0 Å². The number of aliphatic carboxylic acids is 1. The lowest BCUT2D eigenvalue weighted by molar-refractivity contribution is -0.274. The highest BCUT2D eigenvalue weighted by Crippen LogP contribution is 2.34. The minimum absolute atomic E-state index is 0.282. The minimum atomic E-state index is -4.78. The van der Waals surface area contributed by atoms with Gasteiger partial charge < -0.3 is 9.84 Å². The third kappa shape index (κ3) is 3.83. The lowest BCUT2D eigenvalue weighted by atomic mass is 9.84. The number of rotatable bonds is 4. The number of ether oxygens (including phenoxy) is 1. The van der Waals surface area contributed by atoms with Crippen LogP contribution in [0.15, 0.2) is 48.5 Å². The molecule has 0 fully saturated rings. The molecule has 0 atom stereocenters. The van der Waals surface area contributed by atoms with E-state index in [1.54, 1.807) is 44.2 Å². The Bertz CT molecular complexity index is 704. The van der Waals surface area contributed by atoms with E-state index in [9.17, 15) is 23.1 Å². The van der Waals surface area contributed by atoms with E-state index in [2.05, 4.69) is 4.74 Å². The van der Waals surface area contributed by atoms with Crippen molar-refractivity contribution in [3.05, 3.63) is 54.1 Å². The molecule has 0 aromatic heterocycles. The van der Waals surface area contributed by atoms with Crippen molar-refractivity contribution in [1.29, 1.82) is 0 Å². The van der Waals surface area contributed by atoms with Gasteiger partial charge in [0.2, 0.25) is 0 Å². The number of carboxylic acid groups (broad SMARTS) is 1. The molecule has 0 saturated carbocycles. The van der Waals surface area contributed by atoms with Crippen molar-refractivity contribution in [3.63, 3.8) is 0 Å². The summed E-state index contributed by atoms with van der Waals surface area (Å²) in [4.78, 5) is 11.2. The summed E-state index contributed by atoms with van der Waals surface area (Å²) in [6, 6.07) is 12.1. The summed E-state index contributed by atoms with van der Waals surface area (Å²) >= 11 is 0. The van der Waals surface area contributed by atoms with Crippen LogP contribution < -0.4 is 4.74 Å². The second-order valence-corrected chi connectivity index (χ2v) is 5.55. The van der Waals surface area contributed by atoms with Crippen molar-refractivity contribution in [2.24, 2.45) is 0 Å². The number of carboxylic acids is 1. The second kappa shape index (κ2) is 5.95. The molecule has 3 nitrogen and oxygen atoms in total. The van der Waals surface area contributed by atoms with E-state index in [1.807, 2.05) is 0 Å². The molecule has 0 spiro atoms. The number of carbonyl (C=O) groups is 1. The molecule has 122 valence electrons. The van der Waals surface area contributed by atoms with E-state index in [-0.39, 0.29) is 11.3 Å². The van der Waals surface area contributed by atoms with Crippen LogP contribution in [-0.2, 0) is 10.2 Å². The Labute approximate surface area is 131 Å². The summed E-state index contributed by atoms with van der Waals surface area (Å²) in [5, 5.41) is 9.21. The average molecular weight is 324 g/mol. The number of alkyl halides is 3. The molecule has 6 heteroatoms. The Hall–Kier alpha value is -2.50. The molecule has 0 radical (unpaired) electrons. The van der Waals surface area contributed by atoms with Crippen LogP contribution in [0.25, 0.3) is 11.1 Å². The fourth-order valence-electron chi connectivity index (χ4n) is 2.11. The molecule has 0 heterocycles. The van der Waals surface area contributed by atoms with Gasteiger partial charge in [0.1, 0.15) is 5.75 Å². The first kappa shape index (κ1) is 16.9. The van der Waals surface area contributed by atoms with E-state index in [0.717, 1.165) is 0 Å². The molecule has 2 aromatic rings. The van der Waals surface area contributed by atoms with Crippen molar-refractivity contribution in [3.8, 4) is 16.9 Å². The lowest BCUT2D eigenvalue weighted by Gasteiger charge is -2.20. The Balaban J connectivity index is 2.39. The quantitative estimate of drug-likeness (QED) is 0.893. The number of hydrogen-bond acceptors (Lipinski definition) is 2. The molecule has 1 N–H and O–H groups in total. The van der Waals surface area contributed by atoms with Crippen LogP contribution in [-0.4, -0.2) is 17.4 Å². The molecule has 0 unspecified atom stereocenters. The van der Waals surface area contributed by atoms with Crippen LogP contribution >= 0.6 is 0 Å². The number of hydrogen-bond donors (Lipinski definition) is 1. The molecule has 2 aromatic carbocycles. The predicted octanol–water partition coefficient (Wildman–Crippen LogP) is 4.61. The maximum Gasteiger partial charge on any atom is 0.573 e. The van der Waals surface area contributed by atoms with Gasteiger partial charge in [-0.15, -0.1) is 13.2 Å². The Kier molecular flexibility index (Phi) is 4.36. The number of para-hydroxylation sites is 1. The van der Waals surface area contributed by atoms with Crippen molar-refractivity contribution in [2.45, 2.75) is 25.6 Å². The van der Waals surface area contributed by atoms with E-state index in [1.165, 1.54) is 18.2 Å². The molecule has 0 aliphatic carbocycles. The highest BCUT2D eigenvalue weighted by atomic mass is 19.4. The van der Waals surface area contributed by atoms with Crippen LogP contribution in [0, 0.1) is 0 Å². The van der Waals surface area contributed by atoms with Gasteiger partial charge in [-0.05, 0) is 31.0 Å². The number of halogens is 3. The summed E-state index contributed by atoms with van der Waals surface area (Å²) < 4.78 is 41.4. The zero-order valence-corrected chi connectivity index (χ0v) is 12.5. The lowest BCUT2D eigenvalue weighted by Crippen LogP contribution is -2.28. The van der Waals surface area contributed by atoms with Gasteiger partial charge in [0.05, 0.1) is 5.41 Å². The third-order valence-electron chi connectivity index (χ3n) is 3.57. The summed E-state index contributed by atoms with van der Waals surface area (Å²) in [5.41, 5.74) is 0.267. The van der Waals surface area contributed by atoms with Crippen LogP contribution in [0.2, 0.25) is 0 Å². The fraction of sp³-hybridized carbons (Fsp3) is 0.235. The van der Waals surface area contributed by atoms with Gasteiger partial charge in [-0.25, -0.2) is 0 Å². The van der Waals surface area contributed by atoms with E-state index < -0.39 is 17.7 Å². The van der Waals surface area contributed by atoms with Gasteiger partial charge in [-0.2, -0.15) is 0 Å². The molecule has 2 rings (SSSR count). The van der Waals surface area contributed by atoms with Gasteiger partial charge >= 0.3 is 12.3 Å². The van der Waals surface area contributed by atoms with E-state index >= 15 is 0 Å². The summed E-state index contributed by atoms with van der Waals surface area (Å²) in [6.07, 6.45) is -4.78. The smallest absolute Gasteiger partial charge is 0.481 e. The Morgan fingerprint density at radius 1 is 1.00 bits per heavy atom. The van der Waals surface area contributed by atoms with Crippen LogP contribution in [0.1, 0.15) is 19.4 Å². The van der Waals surface area contributed by atoms with Gasteiger partial charge in [0.15, 0.2) is 0 Å². The topological polar surface area (TPSA) is 46.5 Å². The Morgan fingerprint density at radius 3 is 2.09 bits per heavy atom. The zero-order valence-electron chi connectivity index (χ0n) is 12.5. The molecular formula is C17H15F3O3. The van der Waals surface area contributed by atoms with E-state index in [0.29, 0.717) is 11.1 Å². The van der Waals surface area contributed by atoms with Crippen molar-refractivity contribution in [1.82, 2.24) is 0 Å². The summed E-state index contributed by atoms with van der Waals surface area (Å²) in [6.45, 7) is 3.12. The van der Waals surface area contributed by atoms with Crippen molar-refractivity contribution >= 4 is 5.97 Å². The molecule has 23 heavy (non-hydrogen) atoms. The first-order valence-corrected chi connectivity index (χ1v) is 6.80. The van der Waals surface area contributed by atoms with Gasteiger partial charge in [0, 0.05) is 5.56 Å². The molecular weight excluding hydrogens is 309 g/mol. The first-order chi connectivity index (χ1) is 10.6. The summed E-state index contributed by atoms with van der Waals surface area (Å²) in [7, 11) is 0. The van der Waals surface area contributed by atoms with E-state index in [4.69, 9.17) is 0 Å². The van der Waals surface area contributed by atoms with Crippen LogP contribution in [0.3, 0.4) is 0 Å². The molecule has 0 bridgehead atoms. The Morgan fingerprint density at radius 2 is 1.57 bits per heavy atom. The van der Waals surface area contributed by atoms with Crippen LogP contribution in [0.4, 0.5) is 13.2 Å². The predicted molar refractivity (Wildman–Crippen MR) is 79.2 cm³/mol. The largest absolute Gasteiger partial charge is 0.573 e. The second-order valence-electron chi connectivity index (χ2n) is 5.55. The molecule has 0 aliphatic rings. The summed E-state index contributed by atoms with van der Waals surface area (Å²) in [5.74, 6) is -1.28. The maximum atomic E-state index is 12.5. The fourth-order valence-corrected chi connectivity index (χ4v) is 2.11. The first-order valence-electron chi connectivity index (χ1n) is 6.80. The third-order valence-corrected chi connectivity index (χ3v) is 3.57. The zero-order chi connectivity index (χ0) is 17.3. The normalized spacial score (nSPS) is 12.0. The SMILES string of the molecule is CC(C)(C(=O)O)c1ccc(-c2ccccc2OC(F)(F)F)cc1. The highest BCUT2D eigenvalue weighted by Gasteiger charge is 2.32. The van der Waals surface area contributed by atoms with Gasteiger partial charge in [-0.1, -0.05) is 42.5 Å². The number of benzene rings is 2. The van der Waals surface area contributed by atoms with Crippen LogP contribution in [0.5, 0.6) is 5.75 Å². The molecule has 0 saturated heterocycles. The highest BCUT2D eigenvalue weighted by molar-refractivity contribution is 5.81.